The Morgan fingerprint density at radius 1 is 1.47 bits per heavy atom. The maximum atomic E-state index is 13.5. The number of nitrogens with zero attached hydrogens (tertiary/aromatic N) is 1. The molecule has 1 atom stereocenters. The van der Waals surface area contributed by atoms with Crippen LogP contribution >= 0.6 is 0 Å². The average Bonchev–Trinajstić information content (AvgIpc) is 2.39. The molecule has 0 saturated carbocycles. The number of ether oxygens (including phenoxy) is 1. The summed E-state index contributed by atoms with van der Waals surface area (Å²) in [6.07, 6.45) is 0. The van der Waals surface area contributed by atoms with Crippen LogP contribution in [-0.2, 0) is 16.1 Å². The van der Waals surface area contributed by atoms with Gasteiger partial charge in [0.1, 0.15) is 0 Å². The first-order valence-corrected chi connectivity index (χ1v) is 5.93. The van der Waals surface area contributed by atoms with Gasteiger partial charge in [0, 0.05) is 0 Å². The number of methoxy groups -OCH3 is 1. The van der Waals surface area contributed by atoms with Crippen molar-refractivity contribution in [3.63, 3.8) is 0 Å². The number of amides is 2. The summed E-state index contributed by atoms with van der Waals surface area (Å²) >= 11 is 0. The minimum Gasteiger partial charge on any atom is -0.494 e. The van der Waals surface area contributed by atoms with Crippen molar-refractivity contribution >= 4 is 11.8 Å². The highest BCUT2D eigenvalue weighted by atomic mass is 19.1. The second-order valence-electron chi connectivity index (χ2n) is 4.39. The highest BCUT2D eigenvalue weighted by molar-refractivity contribution is 6.00. The molecule has 1 saturated heterocycles. The van der Waals surface area contributed by atoms with Crippen LogP contribution in [0.3, 0.4) is 0 Å². The second kappa shape index (κ2) is 5.36. The number of nitrogens with one attached hydrogen (secondary N) is 1. The average molecular weight is 266 g/mol. The normalized spacial score (nSPS) is 19.7. The maximum Gasteiger partial charge on any atom is 0.246 e. The Kier molecular flexibility index (Phi) is 3.80. The van der Waals surface area contributed by atoms with E-state index in [0.29, 0.717) is 5.56 Å². The first-order chi connectivity index (χ1) is 9.02. The van der Waals surface area contributed by atoms with Crippen LogP contribution in [0.4, 0.5) is 4.39 Å². The SMILES string of the molecule is COc1ccc(CN2C(=O)CNC(C)C2=O)cc1F. The van der Waals surface area contributed by atoms with Gasteiger partial charge in [-0.3, -0.25) is 19.8 Å². The summed E-state index contributed by atoms with van der Waals surface area (Å²) in [7, 11) is 1.38. The second-order valence-corrected chi connectivity index (χ2v) is 4.39. The number of hydrogen-bond acceptors (Lipinski definition) is 4. The molecule has 0 aromatic heterocycles. The van der Waals surface area contributed by atoms with Crippen molar-refractivity contribution in [1.29, 1.82) is 0 Å². The van der Waals surface area contributed by atoms with Crippen LogP contribution in [0.5, 0.6) is 5.75 Å². The molecule has 1 aliphatic heterocycles. The monoisotopic (exact) mass is 266 g/mol. The summed E-state index contributed by atoms with van der Waals surface area (Å²) in [4.78, 5) is 24.7. The third-order valence-corrected chi connectivity index (χ3v) is 3.05. The van der Waals surface area contributed by atoms with Gasteiger partial charge >= 0.3 is 0 Å². The zero-order valence-electron chi connectivity index (χ0n) is 10.8. The molecule has 102 valence electrons. The van der Waals surface area contributed by atoms with E-state index in [-0.39, 0.29) is 30.7 Å². The molecule has 1 fully saturated rings. The van der Waals surface area contributed by atoms with Gasteiger partial charge in [0.2, 0.25) is 11.8 Å². The van der Waals surface area contributed by atoms with Crippen molar-refractivity contribution in [2.24, 2.45) is 0 Å². The Labute approximate surface area is 110 Å². The topological polar surface area (TPSA) is 58.6 Å². The predicted molar refractivity (Wildman–Crippen MR) is 66.0 cm³/mol. The van der Waals surface area contributed by atoms with E-state index in [0.717, 1.165) is 4.90 Å². The molecule has 5 nitrogen and oxygen atoms in total. The number of rotatable bonds is 3. The van der Waals surface area contributed by atoms with E-state index in [2.05, 4.69) is 5.32 Å². The molecule has 2 rings (SSSR count). The van der Waals surface area contributed by atoms with Gasteiger partial charge in [-0.15, -0.1) is 0 Å². The third-order valence-electron chi connectivity index (χ3n) is 3.05. The number of carbonyl (C=O) groups excluding carboxylic acids is 2. The van der Waals surface area contributed by atoms with Crippen LogP contribution in [0.25, 0.3) is 0 Å². The van der Waals surface area contributed by atoms with E-state index >= 15 is 0 Å². The van der Waals surface area contributed by atoms with E-state index in [4.69, 9.17) is 4.74 Å². The lowest BCUT2D eigenvalue weighted by Crippen LogP contribution is -2.56. The number of halogens is 1. The van der Waals surface area contributed by atoms with Gasteiger partial charge < -0.3 is 4.74 Å². The zero-order chi connectivity index (χ0) is 14.0. The number of imide groups is 1. The van der Waals surface area contributed by atoms with Crippen LogP contribution in [0, 0.1) is 5.82 Å². The Balaban J connectivity index is 2.17. The molecule has 2 amide bonds. The predicted octanol–water partition coefficient (Wildman–Crippen LogP) is 0.681. The largest absolute Gasteiger partial charge is 0.494 e. The van der Waals surface area contributed by atoms with Gasteiger partial charge in [0.15, 0.2) is 11.6 Å². The smallest absolute Gasteiger partial charge is 0.246 e. The summed E-state index contributed by atoms with van der Waals surface area (Å²) in [5.41, 5.74) is 0.550. The van der Waals surface area contributed by atoms with Gasteiger partial charge in [-0.05, 0) is 24.6 Å². The highest BCUT2D eigenvalue weighted by Gasteiger charge is 2.31. The molecule has 1 aliphatic rings. The molecule has 0 radical (unpaired) electrons. The first-order valence-electron chi connectivity index (χ1n) is 5.93. The van der Waals surface area contributed by atoms with Crippen molar-refractivity contribution in [3.05, 3.63) is 29.6 Å². The van der Waals surface area contributed by atoms with Gasteiger partial charge in [0.05, 0.1) is 26.2 Å². The van der Waals surface area contributed by atoms with Crippen molar-refractivity contribution in [2.45, 2.75) is 19.5 Å². The van der Waals surface area contributed by atoms with Crippen LogP contribution in [0.2, 0.25) is 0 Å². The van der Waals surface area contributed by atoms with E-state index in [1.807, 2.05) is 0 Å². The molecule has 0 aliphatic carbocycles. The summed E-state index contributed by atoms with van der Waals surface area (Å²) in [6, 6.07) is 3.98. The summed E-state index contributed by atoms with van der Waals surface area (Å²) in [5.74, 6) is -0.982. The van der Waals surface area contributed by atoms with Crippen LogP contribution in [-0.4, -0.2) is 36.4 Å². The summed E-state index contributed by atoms with van der Waals surface area (Å²) in [6.45, 7) is 1.88. The standard InChI is InChI=1S/C13H15FN2O3/c1-8-13(18)16(12(17)6-15-8)7-9-3-4-11(19-2)10(14)5-9/h3-5,8,15H,6-7H2,1-2H3. The molecular weight excluding hydrogens is 251 g/mol. The molecule has 6 heteroatoms. The van der Waals surface area contributed by atoms with Crippen LogP contribution in [0.1, 0.15) is 12.5 Å². The fourth-order valence-corrected chi connectivity index (χ4v) is 1.94. The minimum absolute atomic E-state index is 0.0740. The number of piperazine rings is 1. The fraction of sp³-hybridized carbons (Fsp3) is 0.385. The molecule has 0 bridgehead atoms. The van der Waals surface area contributed by atoms with Crippen LogP contribution < -0.4 is 10.1 Å². The van der Waals surface area contributed by atoms with Gasteiger partial charge in [-0.25, -0.2) is 4.39 Å². The van der Waals surface area contributed by atoms with E-state index in [1.165, 1.54) is 19.2 Å². The Bertz CT molecular complexity index is 519. The van der Waals surface area contributed by atoms with Crippen molar-refractivity contribution in [3.8, 4) is 5.75 Å². The molecule has 19 heavy (non-hydrogen) atoms. The lowest BCUT2D eigenvalue weighted by molar-refractivity contribution is -0.149. The molecule has 1 unspecified atom stereocenters. The lowest BCUT2D eigenvalue weighted by Gasteiger charge is -2.29. The number of carbonyl (C=O) groups is 2. The molecule has 0 spiro atoms. The highest BCUT2D eigenvalue weighted by Crippen LogP contribution is 2.19. The first kappa shape index (κ1) is 13.5. The van der Waals surface area contributed by atoms with Gasteiger partial charge in [-0.1, -0.05) is 6.07 Å². The van der Waals surface area contributed by atoms with Crippen LogP contribution in [0.15, 0.2) is 18.2 Å². The molecule has 1 aromatic rings. The van der Waals surface area contributed by atoms with E-state index < -0.39 is 11.9 Å². The van der Waals surface area contributed by atoms with E-state index in [1.54, 1.807) is 13.0 Å². The van der Waals surface area contributed by atoms with Gasteiger partial charge in [-0.2, -0.15) is 0 Å². The van der Waals surface area contributed by atoms with Crippen molar-refractivity contribution in [1.82, 2.24) is 10.2 Å². The minimum atomic E-state index is -0.511. The Morgan fingerprint density at radius 3 is 2.84 bits per heavy atom. The van der Waals surface area contributed by atoms with E-state index in [9.17, 15) is 14.0 Å². The van der Waals surface area contributed by atoms with Crippen molar-refractivity contribution in [2.75, 3.05) is 13.7 Å². The zero-order valence-corrected chi connectivity index (χ0v) is 10.8. The number of hydrogen-bond donors (Lipinski definition) is 1. The third kappa shape index (κ3) is 2.73. The molecule has 1 aromatic carbocycles. The summed E-state index contributed by atoms with van der Waals surface area (Å²) in [5, 5.41) is 2.79. The Morgan fingerprint density at radius 2 is 2.21 bits per heavy atom. The lowest BCUT2D eigenvalue weighted by atomic mass is 10.1. The summed E-state index contributed by atoms with van der Waals surface area (Å²) < 4.78 is 18.4. The van der Waals surface area contributed by atoms with Crippen molar-refractivity contribution < 1.29 is 18.7 Å². The maximum absolute atomic E-state index is 13.5. The molecule has 1 heterocycles. The molecule has 1 N–H and O–H groups in total. The van der Waals surface area contributed by atoms with Gasteiger partial charge in [0.25, 0.3) is 0 Å². The number of benzene rings is 1. The quantitative estimate of drug-likeness (QED) is 0.817. The molecular formula is C13H15FN2O3. The fourth-order valence-electron chi connectivity index (χ4n) is 1.94. The Hall–Kier alpha value is -1.95.